The van der Waals surface area contributed by atoms with Crippen molar-refractivity contribution in [2.24, 2.45) is 0 Å². The van der Waals surface area contributed by atoms with E-state index in [0.717, 1.165) is 25.0 Å². The summed E-state index contributed by atoms with van der Waals surface area (Å²) in [4.78, 5) is 12.2. The van der Waals surface area contributed by atoms with Gasteiger partial charge in [0, 0.05) is 11.3 Å². The zero-order valence-electron chi connectivity index (χ0n) is 16.0. The van der Waals surface area contributed by atoms with Gasteiger partial charge in [0.25, 0.3) is 5.91 Å². The van der Waals surface area contributed by atoms with E-state index in [1.165, 1.54) is 37.8 Å². The molecule has 0 fully saturated rings. The maximum absolute atomic E-state index is 12.8. The Morgan fingerprint density at radius 2 is 1.64 bits per heavy atom. The van der Waals surface area contributed by atoms with E-state index in [-0.39, 0.29) is 5.69 Å². The van der Waals surface area contributed by atoms with Gasteiger partial charge in [0.05, 0.1) is 12.2 Å². The monoisotopic (exact) mass is 393 g/mol. The third-order valence-corrected chi connectivity index (χ3v) is 4.33. The van der Waals surface area contributed by atoms with Crippen LogP contribution in [0.1, 0.15) is 61.4 Å². The van der Waals surface area contributed by atoms with Crippen LogP contribution in [0.15, 0.2) is 48.5 Å². The second-order valence-electron chi connectivity index (χ2n) is 6.67. The van der Waals surface area contributed by atoms with Crippen LogP contribution in [0.4, 0.5) is 18.9 Å². The fourth-order valence-electron chi connectivity index (χ4n) is 2.75. The minimum Gasteiger partial charge on any atom is -0.494 e. The Labute approximate surface area is 163 Å². The maximum atomic E-state index is 12.8. The number of nitrogens with one attached hydrogen (secondary N) is 1. The molecule has 6 heteroatoms. The Morgan fingerprint density at radius 3 is 2.32 bits per heavy atom. The largest absolute Gasteiger partial charge is 0.494 e. The van der Waals surface area contributed by atoms with Crippen LogP contribution in [-0.4, -0.2) is 12.5 Å². The molecule has 152 valence electrons. The molecule has 0 spiro atoms. The van der Waals surface area contributed by atoms with Gasteiger partial charge in [-0.1, -0.05) is 45.1 Å². The average Bonchev–Trinajstić information content (AvgIpc) is 2.67. The summed E-state index contributed by atoms with van der Waals surface area (Å²) in [5, 5.41) is 2.49. The van der Waals surface area contributed by atoms with Crippen molar-refractivity contribution in [2.45, 2.75) is 51.6 Å². The van der Waals surface area contributed by atoms with Gasteiger partial charge in [0.2, 0.25) is 0 Å². The predicted octanol–water partition coefficient (Wildman–Crippen LogP) is 6.70. The molecule has 2 aromatic carbocycles. The van der Waals surface area contributed by atoms with Crippen molar-refractivity contribution in [2.75, 3.05) is 11.9 Å². The molecule has 28 heavy (non-hydrogen) atoms. The first-order valence-corrected chi connectivity index (χ1v) is 9.61. The number of halogens is 3. The molecule has 0 heterocycles. The number of carbonyl (C=O) groups excluding carboxylic acids is 1. The number of hydrogen-bond donors (Lipinski definition) is 1. The Morgan fingerprint density at radius 1 is 0.964 bits per heavy atom. The molecule has 0 saturated heterocycles. The summed E-state index contributed by atoms with van der Waals surface area (Å²) in [6.07, 6.45) is 2.64. The highest BCUT2D eigenvalue weighted by Crippen LogP contribution is 2.30. The summed E-state index contributed by atoms with van der Waals surface area (Å²) in [6, 6.07) is 11.1. The number of amides is 1. The van der Waals surface area contributed by atoms with E-state index in [1.54, 1.807) is 24.3 Å². The second-order valence-corrected chi connectivity index (χ2v) is 6.67. The average molecular weight is 393 g/mol. The molecule has 0 aliphatic rings. The highest BCUT2D eigenvalue weighted by atomic mass is 19.4. The molecule has 3 nitrogen and oxygen atoms in total. The molecule has 0 saturated carbocycles. The predicted molar refractivity (Wildman–Crippen MR) is 105 cm³/mol. The lowest BCUT2D eigenvalue weighted by Gasteiger charge is -2.10. The van der Waals surface area contributed by atoms with Crippen molar-refractivity contribution >= 4 is 11.6 Å². The lowest BCUT2D eigenvalue weighted by Crippen LogP contribution is -2.13. The number of carbonyl (C=O) groups is 1. The van der Waals surface area contributed by atoms with Crippen LogP contribution >= 0.6 is 0 Å². The van der Waals surface area contributed by atoms with Crippen molar-refractivity contribution < 1.29 is 22.7 Å². The number of anilines is 1. The first-order chi connectivity index (χ1) is 13.4. The molecule has 0 aromatic heterocycles. The van der Waals surface area contributed by atoms with Crippen LogP contribution in [0.3, 0.4) is 0 Å². The molecule has 2 rings (SSSR count). The topological polar surface area (TPSA) is 38.3 Å². The van der Waals surface area contributed by atoms with Gasteiger partial charge >= 0.3 is 6.18 Å². The molecule has 2 aromatic rings. The Balaban J connectivity index is 1.82. The quantitative estimate of drug-likeness (QED) is 0.456. The van der Waals surface area contributed by atoms with E-state index in [0.29, 0.717) is 17.9 Å². The van der Waals surface area contributed by atoms with Crippen molar-refractivity contribution in [3.8, 4) is 5.75 Å². The van der Waals surface area contributed by atoms with Gasteiger partial charge in [-0.05, 0) is 48.9 Å². The molecular weight excluding hydrogens is 367 g/mol. The van der Waals surface area contributed by atoms with Crippen LogP contribution in [-0.2, 0) is 6.18 Å². The fraction of sp³-hybridized carbons (Fsp3) is 0.409. The van der Waals surface area contributed by atoms with Gasteiger partial charge < -0.3 is 10.1 Å². The van der Waals surface area contributed by atoms with Gasteiger partial charge in [-0.25, -0.2) is 0 Å². The van der Waals surface area contributed by atoms with Gasteiger partial charge in [-0.15, -0.1) is 0 Å². The minimum atomic E-state index is -4.45. The van der Waals surface area contributed by atoms with E-state index in [1.807, 2.05) is 0 Å². The number of benzene rings is 2. The zero-order chi connectivity index (χ0) is 20.4. The SMILES string of the molecule is CCCCCCCCOc1ccc(C(=O)Nc2cccc(C(F)(F)F)c2)cc1. The highest BCUT2D eigenvalue weighted by Gasteiger charge is 2.30. The van der Waals surface area contributed by atoms with E-state index < -0.39 is 17.6 Å². The number of ether oxygens (including phenoxy) is 1. The number of alkyl halides is 3. The van der Waals surface area contributed by atoms with E-state index in [4.69, 9.17) is 4.74 Å². The lowest BCUT2D eigenvalue weighted by molar-refractivity contribution is -0.137. The maximum Gasteiger partial charge on any atom is 0.416 e. The van der Waals surface area contributed by atoms with Gasteiger partial charge in [0.1, 0.15) is 5.75 Å². The van der Waals surface area contributed by atoms with Gasteiger partial charge in [-0.3, -0.25) is 4.79 Å². The summed E-state index contributed by atoms with van der Waals surface area (Å²) in [5.41, 5.74) is -0.351. The van der Waals surface area contributed by atoms with E-state index in [2.05, 4.69) is 12.2 Å². The summed E-state index contributed by atoms with van der Waals surface area (Å²) in [5.74, 6) is 0.200. The second kappa shape index (κ2) is 10.7. The first-order valence-electron chi connectivity index (χ1n) is 9.61. The van der Waals surface area contributed by atoms with Crippen molar-refractivity contribution in [1.82, 2.24) is 0 Å². The first kappa shape index (κ1) is 21.8. The summed E-state index contributed by atoms with van der Waals surface area (Å²) < 4.78 is 43.9. The minimum absolute atomic E-state index is 0.100. The van der Waals surface area contributed by atoms with E-state index in [9.17, 15) is 18.0 Å². The molecular formula is C22H26F3NO2. The Kier molecular flexibility index (Phi) is 8.36. The molecule has 0 atom stereocenters. The normalized spacial score (nSPS) is 11.3. The standard InChI is InChI=1S/C22H26F3NO2/c1-2-3-4-5-6-7-15-28-20-13-11-17(12-14-20)21(27)26-19-10-8-9-18(16-19)22(23,24)25/h8-14,16H,2-7,15H2,1H3,(H,26,27). The molecule has 1 N–H and O–H groups in total. The highest BCUT2D eigenvalue weighted by molar-refractivity contribution is 6.04. The third kappa shape index (κ3) is 7.25. The van der Waals surface area contributed by atoms with Gasteiger partial charge in [0.15, 0.2) is 0 Å². The van der Waals surface area contributed by atoms with Crippen LogP contribution in [0.2, 0.25) is 0 Å². The molecule has 0 aliphatic heterocycles. The van der Waals surface area contributed by atoms with Crippen LogP contribution in [0.25, 0.3) is 0 Å². The molecule has 0 aliphatic carbocycles. The number of rotatable bonds is 10. The van der Waals surface area contributed by atoms with E-state index >= 15 is 0 Å². The number of hydrogen-bond acceptors (Lipinski definition) is 2. The Bertz CT molecular complexity index is 742. The Hall–Kier alpha value is -2.50. The number of unbranched alkanes of at least 4 members (excludes halogenated alkanes) is 5. The third-order valence-electron chi connectivity index (χ3n) is 4.33. The zero-order valence-corrected chi connectivity index (χ0v) is 16.0. The van der Waals surface area contributed by atoms with Crippen molar-refractivity contribution in [1.29, 1.82) is 0 Å². The van der Waals surface area contributed by atoms with Crippen LogP contribution < -0.4 is 10.1 Å². The van der Waals surface area contributed by atoms with Crippen molar-refractivity contribution in [3.05, 3.63) is 59.7 Å². The summed E-state index contributed by atoms with van der Waals surface area (Å²) in [7, 11) is 0. The van der Waals surface area contributed by atoms with Crippen LogP contribution in [0, 0.1) is 0 Å². The molecule has 0 bridgehead atoms. The molecule has 0 unspecified atom stereocenters. The van der Waals surface area contributed by atoms with Gasteiger partial charge in [-0.2, -0.15) is 13.2 Å². The summed E-state index contributed by atoms with van der Waals surface area (Å²) in [6.45, 7) is 2.81. The summed E-state index contributed by atoms with van der Waals surface area (Å²) >= 11 is 0. The smallest absolute Gasteiger partial charge is 0.416 e. The molecule has 0 radical (unpaired) electrons. The fourth-order valence-corrected chi connectivity index (χ4v) is 2.75. The van der Waals surface area contributed by atoms with Crippen LogP contribution in [0.5, 0.6) is 5.75 Å². The van der Waals surface area contributed by atoms with Crippen molar-refractivity contribution in [3.63, 3.8) is 0 Å². The lowest BCUT2D eigenvalue weighted by atomic mass is 10.1. The molecule has 1 amide bonds.